The van der Waals surface area contributed by atoms with E-state index in [9.17, 15) is 0 Å². The van der Waals surface area contributed by atoms with Gasteiger partial charge in [-0.2, -0.15) is 0 Å². The predicted octanol–water partition coefficient (Wildman–Crippen LogP) is 3.39. The van der Waals surface area contributed by atoms with E-state index in [2.05, 4.69) is 4.99 Å². The summed E-state index contributed by atoms with van der Waals surface area (Å²) in [7, 11) is 0. The number of halogens is 1. The summed E-state index contributed by atoms with van der Waals surface area (Å²) in [6.07, 6.45) is 2.26. The Bertz CT molecular complexity index is 972. The van der Waals surface area contributed by atoms with Gasteiger partial charge in [0.1, 0.15) is 11.3 Å². The lowest BCUT2D eigenvalue weighted by molar-refractivity contribution is 0.0852. The van der Waals surface area contributed by atoms with E-state index in [1.54, 1.807) is 18.2 Å². The molecule has 1 unspecified atom stereocenters. The van der Waals surface area contributed by atoms with Crippen molar-refractivity contribution in [3.63, 3.8) is 0 Å². The highest BCUT2D eigenvalue weighted by Crippen LogP contribution is 2.53. The van der Waals surface area contributed by atoms with Gasteiger partial charge in [-0.15, -0.1) is 0 Å². The number of aliphatic imine (C=N–C) groups is 1. The summed E-state index contributed by atoms with van der Waals surface area (Å²) in [5.41, 5.74) is 14.1. The van der Waals surface area contributed by atoms with E-state index in [1.807, 2.05) is 12.1 Å². The molecule has 3 aliphatic rings. The number of amidine groups is 1. The molecule has 3 aliphatic heterocycles. The number of hydrogen-bond acceptors (Lipinski definition) is 6. The molecule has 7 heteroatoms. The Hall–Kier alpha value is -2.80. The molecule has 1 fully saturated rings. The first-order chi connectivity index (χ1) is 13.6. The highest BCUT2D eigenvalue weighted by atomic mass is 19.1. The van der Waals surface area contributed by atoms with Crippen molar-refractivity contribution >= 4 is 11.7 Å². The zero-order valence-electron chi connectivity index (χ0n) is 15.4. The van der Waals surface area contributed by atoms with E-state index in [0.717, 1.165) is 24.0 Å². The van der Waals surface area contributed by atoms with Crippen LogP contribution in [0.3, 0.4) is 0 Å². The first-order valence-electron chi connectivity index (χ1n) is 9.54. The molecule has 1 spiro atoms. The van der Waals surface area contributed by atoms with Crippen molar-refractivity contribution in [2.45, 2.75) is 30.7 Å². The molecule has 6 nitrogen and oxygen atoms in total. The number of nitrogens with two attached hydrogens (primary N) is 2. The van der Waals surface area contributed by atoms with Gasteiger partial charge in [0, 0.05) is 36.4 Å². The molecular weight excluding hydrogens is 361 g/mol. The Morgan fingerprint density at radius 2 is 1.86 bits per heavy atom. The van der Waals surface area contributed by atoms with E-state index in [1.165, 1.54) is 0 Å². The number of hydrogen-bond donors (Lipinski definition) is 2. The van der Waals surface area contributed by atoms with E-state index < -0.39 is 5.54 Å². The number of benzene rings is 2. The molecule has 3 heterocycles. The number of anilines is 1. The molecule has 0 aliphatic carbocycles. The Balaban J connectivity index is 1.74. The minimum atomic E-state index is -0.872. The van der Waals surface area contributed by atoms with Gasteiger partial charge in [-0.05, 0) is 54.7 Å². The third-order valence-electron chi connectivity index (χ3n) is 5.88. The fraction of sp³-hybridized carbons (Fsp3) is 0.381. The third-order valence-corrected chi connectivity index (χ3v) is 5.88. The highest BCUT2D eigenvalue weighted by molar-refractivity contribution is 5.75. The molecule has 4 N–H and O–H groups in total. The molecule has 2 aromatic carbocycles. The molecule has 1 saturated heterocycles. The van der Waals surface area contributed by atoms with Gasteiger partial charge >= 0.3 is 0 Å². The molecule has 0 amide bonds. The van der Waals surface area contributed by atoms with E-state index in [4.69, 9.17) is 25.7 Å². The van der Waals surface area contributed by atoms with E-state index >= 15 is 4.39 Å². The summed E-state index contributed by atoms with van der Waals surface area (Å²) in [4.78, 5) is 4.67. The lowest BCUT2D eigenvalue weighted by Crippen LogP contribution is -2.39. The van der Waals surface area contributed by atoms with Crippen LogP contribution in [0.5, 0.6) is 11.5 Å². The van der Waals surface area contributed by atoms with Crippen LogP contribution >= 0.6 is 0 Å². The highest BCUT2D eigenvalue weighted by Gasteiger charge is 2.46. The lowest BCUT2D eigenvalue weighted by atomic mass is 9.76. The minimum absolute atomic E-state index is 0.0874. The maximum Gasteiger partial charge on any atom is 0.283 e. The SMILES string of the molecule is NC1=NC2(CCO1)c1cc(N)ccc1Oc1c(F)cc(C3CCOCC3)cc12. The Morgan fingerprint density at radius 3 is 2.64 bits per heavy atom. The molecule has 0 bridgehead atoms. The fourth-order valence-corrected chi connectivity index (χ4v) is 4.48. The van der Waals surface area contributed by atoms with Gasteiger partial charge < -0.3 is 25.7 Å². The summed E-state index contributed by atoms with van der Waals surface area (Å²) in [5, 5.41) is 0. The van der Waals surface area contributed by atoms with Crippen molar-refractivity contribution in [2.75, 3.05) is 25.6 Å². The molecular formula is C21H22FN3O3. The van der Waals surface area contributed by atoms with Gasteiger partial charge in [-0.1, -0.05) is 0 Å². The fourth-order valence-electron chi connectivity index (χ4n) is 4.48. The average molecular weight is 383 g/mol. The second-order valence-electron chi connectivity index (χ2n) is 7.53. The smallest absolute Gasteiger partial charge is 0.283 e. The number of rotatable bonds is 1. The van der Waals surface area contributed by atoms with Crippen molar-refractivity contribution in [1.82, 2.24) is 0 Å². The summed E-state index contributed by atoms with van der Waals surface area (Å²) >= 11 is 0. The standard InChI is InChI=1S/C21H22FN3O3/c22-17-10-13(12-3-6-26-7-4-12)9-16-19(17)28-18-2-1-14(23)11-15(18)21(16)5-8-27-20(24)25-21/h1-2,9-12H,3-8,23H2,(H2,24,25). The summed E-state index contributed by atoms with van der Waals surface area (Å²) < 4.78 is 32.0. The van der Waals surface area contributed by atoms with Crippen LogP contribution in [0.15, 0.2) is 35.3 Å². The number of nitrogen functional groups attached to an aromatic ring is 1. The number of fused-ring (bicyclic) bond motifs is 4. The van der Waals surface area contributed by atoms with Crippen molar-refractivity contribution in [2.24, 2.45) is 10.7 Å². The molecule has 0 radical (unpaired) electrons. The van der Waals surface area contributed by atoms with Crippen LogP contribution in [0.4, 0.5) is 10.1 Å². The van der Waals surface area contributed by atoms with Crippen LogP contribution in [0.1, 0.15) is 41.9 Å². The molecule has 2 aromatic rings. The Morgan fingerprint density at radius 1 is 1.04 bits per heavy atom. The monoisotopic (exact) mass is 383 g/mol. The van der Waals surface area contributed by atoms with Gasteiger partial charge in [0.25, 0.3) is 6.02 Å². The van der Waals surface area contributed by atoms with Crippen molar-refractivity contribution in [1.29, 1.82) is 0 Å². The topological polar surface area (TPSA) is 92.1 Å². The normalized spacial score (nSPS) is 24.0. The van der Waals surface area contributed by atoms with Crippen molar-refractivity contribution in [3.8, 4) is 11.5 Å². The van der Waals surface area contributed by atoms with E-state index in [-0.39, 0.29) is 23.5 Å². The Kier molecular flexibility index (Phi) is 3.94. The maximum absolute atomic E-state index is 15.2. The molecule has 5 rings (SSSR count). The second-order valence-corrected chi connectivity index (χ2v) is 7.53. The van der Waals surface area contributed by atoms with Gasteiger partial charge in [-0.3, -0.25) is 0 Å². The third kappa shape index (κ3) is 2.61. The average Bonchev–Trinajstić information content (AvgIpc) is 2.70. The first-order valence-corrected chi connectivity index (χ1v) is 9.54. The Labute approximate surface area is 162 Å². The van der Waals surface area contributed by atoms with Crippen molar-refractivity contribution in [3.05, 3.63) is 52.8 Å². The van der Waals surface area contributed by atoms with Gasteiger partial charge in [0.05, 0.1) is 6.61 Å². The van der Waals surface area contributed by atoms with Gasteiger partial charge in [0.15, 0.2) is 11.6 Å². The molecule has 28 heavy (non-hydrogen) atoms. The molecule has 0 aromatic heterocycles. The molecule has 0 saturated carbocycles. The lowest BCUT2D eigenvalue weighted by Gasteiger charge is -2.40. The predicted molar refractivity (Wildman–Crippen MR) is 103 cm³/mol. The number of ether oxygens (including phenoxy) is 3. The largest absolute Gasteiger partial charge is 0.465 e. The summed E-state index contributed by atoms with van der Waals surface area (Å²) in [6.45, 7) is 1.75. The van der Waals surface area contributed by atoms with Crippen molar-refractivity contribution < 1.29 is 18.6 Å². The van der Waals surface area contributed by atoms with Crippen LogP contribution in [0, 0.1) is 5.82 Å². The zero-order chi connectivity index (χ0) is 19.3. The van der Waals surface area contributed by atoms with Gasteiger partial charge in [-0.25, -0.2) is 9.38 Å². The van der Waals surface area contributed by atoms with Crippen LogP contribution in [-0.4, -0.2) is 25.8 Å². The van der Waals surface area contributed by atoms with E-state index in [0.29, 0.717) is 43.2 Å². The van der Waals surface area contributed by atoms with Crippen LogP contribution in [-0.2, 0) is 15.0 Å². The number of nitrogens with zero attached hydrogens (tertiary/aromatic N) is 1. The second kappa shape index (κ2) is 6.38. The maximum atomic E-state index is 15.2. The zero-order valence-corrected chi connectivity index (χ0v) is 15.4. The van der Waals surface area contributed by atoms with Crippen LogP contribution in [0.25, 0.3) is 0 Å². The minimum Gasteiger partial charge on any atom is -0.465 e. The summed E-state index contributed by atoms with van der Waals surface area (Å²) in [6, 6.07) is 9.00. The van der Waals surface area contributed by atoms with Crippen LogP contribution < -0.4 is 16.2 Å². The quantitative estimate of drug-likeness (QED) is 0.737. The van der Waals surface area contributed by atoms with Gasteiger partial charge in [0.2, 0.25) is 0 Å². The van der Waals surface area contributed by atoms with Crippen LogP contribution in [0.2, 0.25) is 0 Å². The molecule has 146 valence electrons. The first kappa shape index (κ1) is 17.3. The summed E-state index contributed by atoms with van der Waals surface area (Å²) in [5.74, 6) is 0.597. The molecule has 1 atom stereocenters.